The van der Waals surface area contributed by atoms with Gasteiger partial charge in [0.1, 0.15) is 17.4 Å². The number of rotatable bonds is 3. The molecule has 22 heavy (non-hydrogen) atoms. The van der Waals surface area contributed by atoms with E-state index in [1.54, 1.807) is 19.1 Å². The first kappa shape index (κ1) is 15.0. The van der Waals surface area contributed by atoms with Crippen molar-refractivity contribution in [2.75, 3.05) is 5.32 Å². The number of hydrogen-bond acceptors (Lipinski definition) is 5. The topological polar surface area (TPSA) is 107 Å². The predicted octanol–water partition coefficient (Wildman–Crippen LogP) is 2.79. The highest BCUT2D eigenvalue weighted by Crippen LogP contribution is 2.27. The lowest BCUT2D eigenvalue weighted by Gasteiger charge is -2.03. The van der Waals surface area contributed by atoms with Crippen LogP contribution in [0.1, 0.15) is 44.5 Å². The summed E-state index contributed by atoms with van der Waals surface area (Å²) in [4.78, 5) is 23.7. The monoisotopic (exact) mass is 293 g/mol. The summed E-state index contributed by atoms with van der Waals surface area (Å²) >= 11 is 0. The lowest BCUT2D eigenvalue weighted by atomic mass is 10.1. The van der Waals surface area contributed by atoms with E-state index in [2.05, 4.69) is 5.32 Å². The van der Waals surface area contributed by atoms with Crippen LogP contribution in [-0.4, -0.2) is 11.7 Å². The van der Waals surface area contributed by atoms with Crippen LogP contribution < -0.4 is 5.32 Å². The number of nitrogens with zero attached hydrogens (tertiary/aromatic N) is 2. The second-order valence-corrected chi connectivity index (χ2v) is 4.55. The Morgan fingerprint density at radius 2 is 1.95 bits per heavy atom. The summed E-state index contributed by atoms with van der Waals surface area (Å²) in [5, 5.41) is 20.5. The molecule has 0 unspecified atom stereocenters. The molecule has 2 rings (SSSR count). The van der Waals surface area contributed by atoms with E-state index in [0.717, 1.165) is 0 Å². The molecule has 0 aliphatic carbocycles. The van der Waals surface area contributed by atoms with Crippen molar-refractivity contribution >= 4 is 17.6 Å². The number of carbonyl (C=O) groups excluding carboxylic acids is 2. The normalized spacial score (nSPS) is 9.64. The Morgan fingerprint density at radius 3 is 2.55 bits per heavy atom. The molecule has 0 aliphatic heterocycles. The van der Waals surface area contributed by atoms with E-state index in [4.69, 9.17) is 9.68 Å². The number of furan rings is 1. The molecule has 6 heteroatoms. The Balaban J connectivity index is 2.37. The zero-order chi connectivity index (χ0) is 16.3. The number of amides is 1. The van der Waals surface area contributed by atoms with Gasteiger partial charge >= 0.3 is 0 Å². The highest BCUT2D eigenvalue weighted by atomic mass is 16.4. The lowest BCUT2D eigenvalue weighted by Crippen LogP contribution is -2.12. The molecule has 0 bridgehead atoms. The first-order valence-electron chi connectivity index (χ1n) is 6.34. The highest BCUT2D eigenvalue weighted by Gasteiger charge is 2.22. The molecule has 0 atom stereocenters. The van der Waals surface area contributed by atoms with Crippen LogP contribution in [0.5, 0.6) is 0 Å². The molecule has 1 heterocycles. The average Bonchev–Trinajstić information content (AvgIpc) is 2.82. The van der Waals surface area contributed by atoms with Gasteiger partial charge < -0.3 is 4.42 Å². The van der Waals surface area contributed by atoms with Crippen LogP contribution in [0.2, 0.25) is 0 Å². The third kappa shape index (κ3) is 2.72. The van der Waals surface area contributed by atoms with Gasteiger partial charge in [0, 0.05) is 5.56 Å². The molecule has 0 radical (unpaired) electrons. The van der Waals surface area contributed by atoms with Gasteiger partial charge in [0.2, 0.25) is 5.88 Å². The number of aryl methyl sites for hydroxylation is 1. The van der Waals surface area contributed by atoms with Gasteiger partial charge in [-0.2, -0.15) is 10.5 Å². The quantitative estimate of drug-likeness (QED) is 0.875. The largest absolute Gasteiger partial charge is 0.443 e. The molecule has 0 saturated carbocycles. The van der Waals surface area contributed by atoms with Crippen molar-refractivity contribution in [3.05, 3.63) is 52.3 Å². The van der Waals surface area contributed by atoms with Gasteiger partial charge in [0.25, 0.3) is 5.91 Å². The van der Waals surface area contributed by atoms with Gasteiger partial charge in [-0.3, -0.25) is 14.9 Å². The van der Waals surface area contributed by atoms with E-state index < -0.39 is 5.91 Å². The van der Waals surface area contributed by atoms with Crippen LogP contribution in [0.25, 0.3) is 0 Å². The zero-order valence-electron chi connectivity index (χ0n) is 11.9. The van der Waals surface area contributed by atoms with Crippen molar-refractivity contribution in [1.29, 1.82) is 10.5 Å². The van der Waals surface area contributed by atoms with Gasteiger partial charge in [-0.05, 0) is 32.0 Å². The summed E-state index contributed by atoms with van der Waals surface area (Å²) in [7, 11) is 0. The summed E-state index contributed by atoms with van der Waals surface area (Å²) < 4.78 is 5.31. The zero-order valence-corrected chi connectivity index (χ0v) is 11.9. The Hall–Kier alpha value is -3.38. The average molecular weight is 293 g/mol. The van der Waals surface area contributed by atoms with Gasteiger partial charge in [-0.15, -0.1) is 0 Å². The number of hydrogen-bond donors (Lipinski definition) is 1. The first-order chi connectivity index (χ1) is 10.5. The number of nitrogens with one attached hydrogen (secondary N) is 1. The minimum Gasteiger partial charge on any atom is -0.443 e. The molecule has 1 aromatic heterocycles. The SMILES string of the molecule is CC(=O)c1c(C)oc(NC(=O)c2cccc(C#N)c2)c1C#N. The maximum atomic E-state index is 12.2. The number of Topliss-reactive ketones (excluding diaryl/α,β-unsaturated/α-hetero) is 1. The molecule has 2 aromatic rings. The Labute approximate surface area is 126 Å². The molecular formula is C16H11N3O3. The highest BCUT2D eigenvalue weighted by molar-refractivity contribution is 6.06. The minimum absolute atomic E-state index is 0.00483. The van der Waals surface area contributed by atoms with E-state index in [-0.39, 0.29) is 34.1 Å². The molecule has 0 saturated heterocycles. The minimum atomic E-state index is -0.530. The summed E-state index contributed by atoms with van der Waals surface area (Å²) in [6, 6.07) is 9.90. The van der Waals surface area contributed by atoms with Crippen LogP contribution >= 0.6 is 0 Å². The maximum absolute atomic E-state index is 12.2. The summed E-state index contributed by atoms with van der Waals surface area (Å²) in [5.74, 6) is -0.648. The Bertz CT molecular complexity index is 850. The number of anilines is 1. The van der Waals surface area contributed by atoms with Crippen LogP contribution in [0.3, 0.4) is 0 Å². The molecule has 0 fully saturated rings. The van der Waals surface area contributed by atoms with Crippen LogP contribution in [0.4, 0.5) is 5.88 Å². The third-order valence-electron chi connectivity index (χ3n) is 3.03. The first-order valence-corrected chi connectivity index (χ1v) is 6.34. The number of benzene rings is 1. The van der Waals surface area contributed by atoms with Crippen LogP contribution in [0, 0.1) is 29.6 Å². The van der Waals surface area contributed by atoms with Crippen molar-refractivity contribution in [1.82, 2.24) is 0 Å². The Kier molecular flexibility index (Phi) is 4.06. The number of ketones is 1. The molecular weight excluding hydrogens is 282 g/mol. The fourth-order valence-electron chi connectivity index (χ4n) is 2.07. The van der Waals surface area contributed by atoms with Crippen molar-refractivity contribution < 1.29 is 14.0 Å². The van der Waals surface area contributed by atoms with Gasteiger partial charge in [0.05, 0.1) is 17.2 Å². The second-order valence-electron chi connectivity index (χ2n) is 4.55. The standard InChI is InChI=1S/C16H11N3O3/c1-9(20)14-10(2)22-16(13(14)8-18)19-15(21)12-5-3-4-11(6-12)7-17/h3-6H,1-2H3,(H,19,21). The lowest BCUT2D eigenvalue weighted by molar-refractivity contribution is 0.101. The van der Waals surface area contributed by atoms with Crippen molar-refractivity contribution in [3.63, 3.8) is 0 Å². The Morgan fingerprint density at radius 1 is 1.23 bits per heavy atom. The van der Waals surface area contributed by atoms with Gasteiger partial charge in [-0.1, -0.05) is 6.07 Å². The van der Waals surface area contributed by atoms with E-state index in [9.17, 15) is 14.9 Å². The van der Waals surface area contributed by atoms with Gasteiger partial charge in [0.15, 0.2) is 5.78 Å². The third-order valence-corrected chi connectivity index (χ3v) is 3.03. The van der Waals surface area contributed by atoms with Crippen molar-refractivity contribution in [3.8, 4) is 12.1 Å². The summed E-state index contributed by atoms with van der Waals surface area (Å²) in [5.41, 5.74) is 0.743. The molecule has 6 nitrogen and oxygen atoms in total. The molecule has 0 aliphatic rings. The molecule has 1 amide bonds. The van der Waals surface area contributed by atoms with Crippen LogP contribution in [-0.2, 0) is 0 Å². The fourth-order valence-corrected chi connectivity index (χ4v) is 2.07. The summed E-state index contributed by atoms with van der Waals surface area (Å²) in [6.07, 6.45) is 0. The molecule has 1 aromatic carbocycles. The smallest absolute Gasteiger partial charge is 0.258 e. The van der Waals surface area contributed by atoms with Crippen LogP contribution in [0.15, 0.2) is 28.7 Å². The van der Waals surface area contributed by atoms with E-state index in [1.165, 1.54) is 19.1 Å². The van der Waals surface area contributed by atoms with Crippen molar-refractivity contribution in [2.45, 2.75) is 13.8 Å². The molecule has 1 N–H and O–H groups in total. The van der Waals surface area contributed by atoms with Gasteiger partial charge in [-0.25, -0.2) is 0 Å². The van der Waals surface area contributed by atoms with E-state index in [1.807, 2.05) is 12.1 Å². The maximum Gasteiger partial charge on any atom is 0.258 e. The fraction of sp³-hybridized carbons (Fsp3) is 0.125. The molecule has 108 valence electrons. The predicted molar refractivity (Wildman–Crippen MR) is 77.3 cm³/mol. The second kappa shape index (κ2) is 5.94. The number of nitriles is 2. The summed E-state index contributed by atoms with van der Waals surface area (Å²) in [6.45, 7) is 2.87. The van der Waals surface area contributed by atoms with Crippen molar-refractivity contribution in [2.24, 2.45) is 0 Å². The van der Waals surface area contributed by atoms with E-state index >= 15 is 0 Å². The molecule has 0 spiro atoms. The van der Waals surface area contributed by atoms with E-state index in [0.29, 0.717) is 5.56 Å². The number of carbonyl (C=O) groups is 2.